The molecule has 1 atom stereocenters. The lowest BCUT2D eigenvalue weighted by Crippen LogP contribution is -2.31. The fourth-order valence-corrected chi connectivity index (χ4v) is 2.65. The molecule has 2 nitrogen and oxygen atoms in total. The molecule has 1 aliphatic rings. The van der Waals surface area contributed by atoms with Gasteiger partial charge in [-0.05, 0) is 43.9 Å². The lowest BCUT2D eigenvalue weighted by Gasteiger charge is -2.22. The van der Waals surface area contributed by atoms with Gasteiger partial charge in [-0.2, -0.15) is 0 Å². The molecule has 0 heterocycles. The lowest BCUT2D eigenvalue weighted by molar-refractivity contribution is 0.441. The monoisotopic (exact) mass is 239 g/mol. The van der Waals surface area contributed by atoms with Crippen LogP contribution < -0.4 is 5.73 Å². The summed E-state index contributed by atoms with van der Waals surface area (Å²) in [6, 6.07) is 3.76. The predicted molar refractivity (Wildman–Crippen MR) is 67.1 cm³/mol. The number of aryl methyl sites for hydroxylation is 1. The number of aromatic hydroxyl groups is 1. The Balaban J connectivity index is 2.53. The minimum absolute atomic E-state index is 0.0428. The molecule has 0 radical (unpaired) electrons. The van der Waals surface area contributed by atoms with E-state index in [1.165, 1.54) is 0 Å². The Labute approximate surface area is 101 Å². The van der Waals surface area contributed by atoms with Crippen molar-refractivity contribution in [2.75, 3.05) is 0 Å². The molecule has 1 aromatic rings. The summed E-state index contributed by atoms with van der Waals surface area (Å²) in [6.07, 6.45) is 2.87. The number of phenolic OH excluding ortho intramolecular Hbond substituents is 1. The number of halogens is 1. The first-order chi connectivity index (χ1) is 7.51. The second-order valence-electron chi connectivity index (χ2n) is 4.76. The Bertz CT molecular complexity index is 411. The molecular formula is C13H18ClNO. The van der Waals surface area contributed by atoms with Crippen LogP contribution in [0.25, 0.3) is 0 Å². The molecule has 1 unspecified atom stereocenters. The highest BCUT2D eigenvalue weighted by atomic mass is 35.5. The van der Waals surface area contributed by atoms with Gasteiger partial charge in [0.1, 0.15) is 5.75 Å². The van der Waals surface area contributed by atoms with Gasteiger partial charge in [0, 0.05) is 22.0 Å². The first kappa shape index (κ1) is 11.7. The molecule has 0 aliphatic heterocycles. The molecule has 0 aromatic heterocycles. The summed E-state index contributed by atoms with van der Waals surface area (Å²) in [7, 11) is 0. The van der Waals surface area contributed by atoms with Crippen molar-refractivity contribution in [3.63, 3.8) is 0 Å². The normalized spacial score (nSPS) is 19.5. The molecule has 3 heteroatoms. The van der Waals surface area contributed by atoms with Crippen molar-refractivity contribution >= 4 is 11.6 Å². The van der Waals surface area contributed by atoms with Gasteiger partial charge in [0.05, 0.1) is 0 Å². The third-order valence-corrected chi connectivity index (χ3v) is 3.95. The molecule has 16 heavy (non-hydrogen) atoms. The molecule has 88 valence electrons. The summed E-state index contributed by atoms with van der Waals surface area (Å²) in [6.45, 7) is 4.01. The van der Waals surface area contributed by atoms with E-state index in [1.54, 1.807) is 0 Å². The minimum Gasteiger partial charge on any atom is -0.507 e. The van der Waals surface area contributed by atoms with E-state index >= 15 is 0 Å². The fraction of sp³-hybridized carbons (Fsp3) is 0.538. The highest BCUT2D eigenvalue weighted by Crippen LogP contribution is 2.54. The zero-order valence-electron chi connectivity index (χ0n) is 9.76. The fourth-order valence-electron chi connectivity index (χ4n) is 2.41. The molecule has 1 aromatic carbocycles. The third kappa shape index (κ3) is 1.70. The Kier molecular flexibility index (Phi) is 2.89. The lowest BCUT2D eigenvalue weighted by atomic mass is 9.87. The molecule has 1 aliphatic carbocycles. The van der Waals surface area contributed by atoms with Crippen molar-refractivity contribution in [2.24, 2.45) is 5.73 Å². The molecule has 3 N–H and O–H groups in total. The summed E-state index contributed by atoms with van der Waals surface area (Å²) in [4.78, 5) is 0. The van der Waals surface area contributed by atoms with Crippen LogP contribution in [0.15, 0.2) is 12.1 Å². The Morgan fingerprint density at radius 2 is 2.12 bits per heavy atom. The molecule has 0 saturated heterocycles. The van der Waals surface area contributed by atoms with Gasteiger partial charge in [0.15, 0.2) is 0 Å². The second-order valence-corrected chi connectivity index (χ2v) is 5.20. The maximum absolute atomic E-state index is 10.2. The number of phenols is 1. The van der Waals surface area contributed by atoms with E-state index in [2.05, 4.69) is 0 Å². The molecule has 0 bridgehead atoms. The standard InChI is InChI=1S/C13H18ClNO/c1-3-9-6-10(14)7-11(12(9)16)13(4-5-13)8(2)15/h6-8,16H,3-5,15H2,1-2H3. The first-order valence-corrected chi connectivity index (χ1v) is 6.16. The van der Waals surface area contributed by atoms with Crippen molar-refractivity contribution in [2.45, 2.75) is 44.6 Å². The van der Waals surface area contributed by atoms with Gasteiger partial charge in [0.2, 0.25) is 0 Å². The van der Waals surface area contributed by atoms with Crippen LogP contribution in [0, 0.1) is 0 Å². The minimum atomic E-state index is -0.0428. The van der Waals surface area contributed by atoms with Crippen LogP contribution in [0.4, 0.5) is 0 Å². The van der Waals surface area contributed by atoms with Crippen molar-refractivity contribution in [1.29, 1.82) is 0 Å². The molecule has 0 spiro atoms. The SMILES string of the molecule is CCc1cc(Cl)cc(C2(C(C)N)CC2)c1O. The van der Waals surface area contributed by atoms with Crippen LogP contribution in [0.2, 0.25) is 5.02 Å². The smallest absolute Gasteiger partial charge is 0.122 e. The topological polar surface area (TPSA) is 46.2 Å². The van der Waals surface area contributed by atoms with E-state index in [0.717, 1.165) is 30.4 Å². The number of nitrogens with two attached hydrogens (primary N) is 1. The van der Waals surface area contributed by atoms with Crippen molar-refractivity contribution in [1.82, 2.24) is 0 Å². The van der Waals surface area contributed by atoms with Gasteiger partial charge in [-0.1, -0.05) is 18.5 Å². The van der Waals surface area contributed by atoms with Crippen LogP contribution in [-0.2, 0) is 11.8 Å². The zero-order chi connectivity index (χ0) is 11.9. The third-order valence-electron chi connectivity index (χ3n) is 3.73. The second kappa shape index (κ2) is 3.94. The Hall–Kier alpha value is -0.730. The van der Waals surface area contributed by atoms with Gasteiger partial charge >= 0.3 is 0 Å². The number of benzene rings is 1. The maximum Gasteiger partial charge on any atom is 0.122 e. The molecule has 1 saturated carbocycles. The zero-order valence-corrected chi connectivity index (χ0v) is 10.5. The number of rotatable bonds is 3. The van der Waals surface area contributed by atoms with Gasteiger partial charge in [0.25, 0.3) is 0 Å². The van der Waals surface area contributed by atoms with Crippen LogP contribution >= 0.6 is 11.6 Å². The summed E-state index contributed by atoms with van der Waals surface area (Å²) in [5.74, 6) is 0.390. The average molecular weight is 240 g/mol. The van der Waals surface area contributed by atoms with Crippen molar-refractivity contribution in [3.05, 3.63) is 28.3 Å². The Morgan fingerprint density at radius 3 is 2.56 bits per heavy atom. The van der Waals surface area contributed by atoms with Crippen LogP contribution in [0.1, 0.15) is 37.8 Å². The maximum atomic E-state index is 10.2. The van der Waals surface area contributed by atoms with Crippen molar-refractivity contribution < 1.29 is 5.11 Å². The number of hydrogen-bond donors (Lipinski definition) is 2. The highest BCUT2D eigenvalue weighted by Gasteiger charge is 2.49. The average Bonchev–Trinajstić information content (AvgIpc) is 3.02. The molecule has 1 fully saturated rings. The van der Waals surface area contributed by atoms with E-state index in [9.17, 15) is 5.11 Å². The van der Waals surface area contributed by atoms with Crippen LogP contribution in [0.3, 0.4) is 0 Å². The highest BCUT2D eigenvalue weighted by molar-refractivity contribution is 6.30. The molecule has 2 rings (SSSR count). The van der Waals surface area contributed by atoms with Gasteiger partial charge < -0.3 is 10.8 Å². The van der Waals surface area contributed by atoms with Crippen LogP contribution in [0.5, 0.6) is 5.75 Å². The summed E-state index contributed by atoms with van der Waals surface area (Å²) >= 11 is 6.09. The number of hydrogen-bond acceptors (Lipinski definition) is 2. The molecule has 0 amide bonds. The van der Waals surface area contributed by atoms with E-state index in [-0.39, 0.29) is 11.5 Å². The Morgan fingerprint density at radius 1 is 1.50 bits per heavy atom. The summed E-state index contributed by atoms with van der Waals surface area (Å²) in [5.41, 5.74) is 7.83. The quantitative estimate of drug-likeness (QED) is 0.852. The first-order valence-electron chi connectivity index (χ1n) is 5.78. The molecular weight excluding hydrogens is 222 g/mol. The van der Waals surface area contributed by atoms with Gasteiger partial charge in [-0.15, -0.1) is 0 Å². The van der Waals surface area contributed by atoms with Crippen LogP contribution in [-0.4, -0.2) is 11.1 Å². The van der Waals surface area contributed by atoms with Gasteiger partial charge in [-0.25, -0.2) is 0 Å². The van der Waals surface area contributed by atoms with Crippen molar-refractivity contribution in [3.8, 4) is 5.75 Å². The largest absolute Gasteiger partial charge is 0.507 e. The van der Waals surface area contributed by atoms with E-state index in [4.69, 9.17) is 17.3 Å². The van der Waals surface area contributed by atoms with Gasteiger partial charge in [-0.3, -0.25) is 0 Å². The predicted octanol–water partition coefficient (Wildman–Crippen LogP) is 2.99. The van der Waals surface area contributed by atoms with E-state index < -0.39 is 0 Å². The van der Waals surface area contributed by atoms with E-state index in [0.29, 0.717) is 10.8 Å². The summed E-state index contributed by atoms with van der Waals surface area (Å²) < 4.78 is 0. The van der Waals surface area contributed by atoms with E-state index in [1.807, 2.05) is 26.0 Å². The summed E-state index contributed by atoms with van der Waals surface area (Å²) in [5, 5.41) is 10.9.